The number of hydrogen-bond donors (Lipinski definition) is 2. The van der Waals surface area contributed by atoms with Crippen molar-refractivity contribution in [2.75, 3.05) is 6.54 Å². The van der Waals surface area contributed by atoms with Crippen molar-refractivity contribution in [3.63, 3.8) is 0 Å². The maximum Gasteiger partial charge on any atom is 0.226 e. The maximum absolute atomic E-state index is 11.8. The van der Waals surface area contributed by atoms with E-state index in [9.17, 15) is 9.90 Å². The molecule has 2 heterocycles. The Hall–Kier alpha value is -1.73. The van der Waals surface area contributed by atoms with Gasteiger partial charge in [-0.3, -0.25) is 4.79 Å². The summed E-state index contributed by atoms with van der Waals surface area (Å²) in [6, 6.07) is 3.73. The fourth-order valence-electron chi connectivity index (χ4n) is 1.87. The van der Waals surface area contributed by atoms with Gasteiger partial charge in [0.15, 0.2) is 5.82 Å². The molecule has 114 valence electrons. The minimum absolute atomic E-state index is 0.0944. The van der Waals surface area contributed by atoms with E-state index >= 15 is 0 Å². The number of carbonyl (C=O) groups excluding carboxylic acids is 1. The zero-order valence-electron chi connectivity index (χ0n) is 12.1. The summed E-state index contributed by atoms with van der Waals surface area (Å²) < 4.78 is 4.98. The van der Waals surface area contributed by atoms with Gasteiger partial charge in [0, 0.05) is 17.7 Å². The number of hydrogen-bond acceptors (Lipinski definition) is 6. The van der Waals surface area contributed by atoms with E-state index in [4.69, 9.17) is 4.52 Å². The van der Waals surface area contributed by atoms with Crippen molar-refractivity contribution in [2.24, 2.45) is 0 Å². The first-order chi connectivity index (χ1) is 9.97. The largest absolute Gasteiger partial charge is 0.383 e. The van der Waals surface area contributed by atoms with Crippen LogP contribution in [0.15, 0.2) is 22.0 Å². The molecule has 2 rings (SSSR count). The van der Waals surface area contributed by atoms with Gasteiger partial charge in [-0.05, 0) is 31.7 Å². The average molecular weight is 309 g/mol. The highest BCUT2D eigenvalue weighted by Gasteiger charge is 2.24. The van der Waals surface area contributed by atoms with Gasteiger partial charge in [-0.2, -0.15) is 4.98 Å². The molecule has 0 radical (unpaired) electrons. The van der Waals surface area contributed by atoms with Crippen molar-refractivity contribution in [1.82, 2.24) is 15.5 Å². The number of aromatic nitrogens is 2. The summed E-state index contributed by atoms with van der Waals surface area (Å²) in [5.74, 6) is 1.05. The van der Waals surface area contributed by atoms with E-state index in [2.05, 4.69) is 15.5 Å². The predicted octanol–water partition coefficient (Wildman–Crippen LogP) is 1.79. The van der Waals surface area contributed by atoms with Gasteiger partial charge >= 0.3 is 0 Å². The second-order valence-corrected chi connectivity index (χ2v) is 6.06. The summed E-state index contributed by atoms with van der Waals surface area (Å²) in [6.07, 6.45) is 1.58. The Labute approximate surface area is 127 Å². The fraction of sp³-hybridized carbons (Fsp3) is 0.500. The van der Waals surface area contributed by atoms with Crippen molar-refractivity contribution < 1.29 is 14.4 Å². The Morgan fingerprint density at radius 2 is 2.38 bits per heavy atom. The van der Waals surface area contributed by atoms with E-state index in [0.29, 0.717) is 31.0 Å². The van der Waals surface area contributed by atoms with Crippen LogP contribution in [0.4, 0.5) is 0 Å². The molecule has 6 nitrogen and oxygen atoms in total. The number of carbonyl (C=O) groups is 1. The normalized spacial score (nSPS) is 13.9. The van der Waals surface area contributed by atoms with E-state index in [0.717, 1.165) is 4.88 Å². The third kappa shape index (κ3) is 4.64. The first-order valence-electron chi connectivity index (χ1n) is 6.79. The van der Waals surface area contributed by atoms with Crippen LogP contribution in [-0.2, 0) is 16.8 Å². The van der Waals surface area contributed by atoms with Gasteiger partial charge in [0.2, 0.25) is 11.8 Å². The smallest absolute Gasteiger partial charge is 0.226 e. The van der Waals surface area contributed by atoms with Crippen LogP contribution < -0.4 is 5.32 Å². The molecule has 21 heavy (non-hydrogen) atoms. The first kappa shape index (κ1) is 15.7. The van der Waals surface area contributed by atoms with Gasteiger partial charge < -0.3 is 14.9 Å². The molecule has 1 atom stereocenters. The third-order valence-electron chi connectivity index (χ3n) is 3.05. The second-order valence-electron chi connectivity index (χ2n) is 5.12. The highest BCUT2D eigenvalue weighted by Crippen LogP contribution is 2.24. The Balaban J connectivity index is 1.70. The Kier molecular flexibility index (Phi) is 5.08. The maximum atomic E-state index is 11.8. The molecule has 0 saturated heterocycles. The van der Waals surface area contributed by atoms with Gasteiger partial charge in [0.05, 0.1) is 6.54 Å². The summed E-state index contributed by atoms with van der Waals surface area (Å²) in [5, 5.41) is 18.6. The molecular formula is C14H19N3O3S. The molecule has 0 fully saturated rings. The van der Waals surface area contributed by atoms with Crippen LogP contribution in [0.3, 0.4) is 0 Å². The number of amides is 1. The first-order valence-corrected chi connectivity index (χ1v) is 7.67. The van der Waals surface area contributed by atoms with Crippen molar-refractivity contribution in [3.05, 3.63) is 34.1 Å². The third-order valence-corrected chi connectivity index (χ3v) is 4.17. The second kappa shape index (κ2) is 6.82. The van der Waals surface area contributed by atoms with Crippen LogP contribution in [0.1, 0.15) is 36.4 Å². The van der Waals surface area contributed by atoms with Gasteiger partial charge in [0.1, 0.15) is 5.60 Å². The van der Waals surface area contributed by atoms with E-state index < -0.39 is 5.60 Å². The summed E-state index contributed by atoms with van der Waals surface area (Å²) >= 11 is 1.47. The molecule has 0 aliphatic carbocycles. The minimum atomic E-state index is -1.03. The molecule has 1 unspecified atom stereocenters. The lowest BCUT2D eigenvalue weighted by atomic mass is 10.1. The molecule has 1 amide bonds. The van der Waals surface area contributed by atoms with Crippen LogP contribution in [0.5, 0.6) is 0 Å². The van der Waals surface area contributed by atoms with Gasteiger partial charge in [-0.15, -0.1) is 11.3 Å². The summed E-state index contributed by atoms with van der Waals surface area (Å²) in [4.78, 5) is 16.7. The molecule has 0 saturated carbocycles. The van der Waals surface area contributed by atoms with E-state index in [1.807, 2.05) is 17.5 Å². The fourth-order valence-corrected chi connectivity index (χ4v) is 2.66. The summed E-state index contributed by atoms with van der Waals surface area (Å²) in [7, 11) is 0. The highest BCUT2D eigenvalue weighted by atomic mass is 32.1. The molecular weight excluding hydrogens is 290 g/mol. The number of thiophene rings is 1. The Morgan fingerprint density at radius 1 is 1.57 bits per heavy atom. The summed E-state index contributed by atoms with van der Waals surface area (Å²) in [6.45, 7) is 3.65. The molecule has 0 spiro atoms. The lowest BCUT2D eigenvalue weighted by Gasteiger charge is -2.22. The lowest BCUT2D eigenvalue weighted by molar-refractivity contribution is -0.122. The van der Waals surface area contributed by atoms with Gasteiger partial charge in [-0.25, -0.2) is 0 Å². The number of aryl methyl sites for hydroxylation is 2. The summed E-state index contributed by atoms with van der Waals surface area (Å²) in [5.41, 5.74) is -1.03. The van der Waals surface area contributed by atoms with E-state index in [-0.39, 0.29) is 12.5 Å². The zero-order chi connectivity index (χ0) is 15.3. The molecule has 2 aromatic heterocycles. The number of rotatable bonds is 7. The average Bonchev–Trinajstić information content (AvgIpc) is 3.08. The quantitative estimate of drug-likeness (QED) is 0.814. The van der Waals surface area contributed by atoms with Crippen molar-refractivity contribution >= 4 is 17.2 Å². The molecule has 7 heteroatoms. The van der Waals surface area contributed by atoms with Gasteiger partial charge in [0.25, 0.3) is 0 Å². The Morgan fingerprint density at radius 3 is 3.00 bits per heavy atom. The van der Waals surface area contributed by atoms with Gasteiger partial charge in [-0.1, -0.05) is 11.2 Å². The predicted molar refractivity (Wildman–Crippen MR) is 78.9 cm³/mol. The minimum Gasteiger partial charge on any atom is -0.383 e. The van der Waals surface area contributed by atoms with Crippen LogP contribution in [0, 0.1) is 6.92 Å². The highest BCUT2D eigenvalue weighted by molar-refractivity contribution is 7.10. The van der Waals surface area contributed by atoms with E-state index in [1.54, 1.807) is 13.8 Å². The van der Waals surface area contributed by atoms with Crippen molar-refractivity contribution in [2.45, 2.75) is 38.7 Å². The number of aliphatic hydroxyl groups is 1. The van der Waals surface area contributed by atoms with E-state index in [1.165, 1.54) is 11.3 Å². The molecule has 2 N–H and O–H groups in total. The topological polar surface area (TPSA) is 88.2 Å². The monoisotopic (exact) mass is 309 g/mol. The molecule has 0 aromatic carbocycles. The number of nitrogens with one attached hydrogen (secondary N) is 1. The van der Waals surface area contributed by atoms with Crippen LogP contribution in [-0.4, -0.2) is 27.7 Å². The molecule has 0 aliphatic heterocycles. The van der Waals surface area contributed by atoms with Crippen LogP contribution in [0.2, 0.25) is 0 Å². The standard InChI is InChI=1S/C14H19N3O3S/c1-10-16-13(20-17-10)7-3-6-12(18)15-9-14(2,19)11-5-4-8-21-11/h4-5,8,19H,3,6-7,9H2,1-2H3,(H,15,18). The lowest BCUT2D eigenvalue weighted by Crippen LogP contribution is -2.38. The molecule has 0 bridgehead atoms. The molecule has 0 aliphatic rings. The molecule has 2 aromatic rings. The Bertz CT molecular complexity index is 578. The number of nitrogens with zero attached hydrogens (tertiary/aromatic N) is 2. The SMILES string of the molecule is Cc1noc(CCCC(=O)NCC(C)(O)c2cccs2)n1. The van der Waals surface area contributed by atoms with Crippen molar-refractivity contribution in [1.29, 1.82) is 0 Å². The van der Waals surface area contributed by atoms with Crippen LogP contribution >= 0.6 is 11.3 Å². The van der Waals surface area contributed by atoms with Crippen molar-refractivity contribution in [3.8, 4) is 0 Å². The van der Waals surface area contributed by atoms with Crippen LogP contribution in [0.25, 0.3) is 0 Å². The zero-order valence-corrected chi connectivity index (χ0v) is 12.9.